The van der Waals surface area contributed by atoms with E-state index in [2.05, 4.69) is 0 Å². The normalized spacial score (nSPS) is 16.8. The Labute approximate surface area is 82.0 Å². The molecular formula is C8H12O3S2. The van der Waals surface area contributed by atoms with Gasteiger partial charge in [0, 0.05) is 6.26 Å². The molecule has 0 bridgehead atoms. The summed E-state index contributed by atoms with van der Waals surface area (Å²) in [6, 6.07) is 1.73. The van der Waals surface area contributed by atoms with Crippen molar-refractivity contribution in [3.63, 3.8) is 0 Å². The molecule has 3 nitrogen and oxygen atoms in total. The summed E-state index contributed by atoms with van der Waals surface area (Å²) in [4.78, 5) is 0. The topological polar surface area (TPSA) is 54.4 Å². The molecule has 5 heteroatoms. The van der Waals surface area contributed by atoms with Crippen LogP contribution in [0.25, 0.3) is 0 Å². The molecule has 0 aromatic carbocycles. The van der Waals surface area contributed by atoms with Gasteiger partial charge in [0.05, 0.1) is 11.4 Å². The third-order valence-electron chi connectivity index (χ3n) is 2.00. The molecule has 1 aromatic heterocycles. The van der Waals surface area contributed by atoms with E-state index in [1.165, 1.54) is 18.3 Å². The highest BCUT2D eigenvalue weighted by molar-refractivity contribution is 7.91. The first-order valence-corrected chi connectivity index (χ1v) is 6.71. The lowest BCUT2D eigenvalue weighted by Crippen LogP contribution is -2.23. The molecule has 0 aliphatic heterocycles. The standard InChI is InChI=1S/C8H12O3S2/c1-6(13(2,10)11)8(9)7-3-4-12-5-7/h3-6,8-9H,1-2H3. The second-order valence-electron chi connectivity index (χ2n) is 3.04. The molecule has 1 heterocycles. The molecule has 0 aliphatic rings. The van der Waals surface area contributed by atoms with Gasteiger partial charge in [0.15, 0.2) is 9.84 Å². The van der Waals surface area contributed by atoms with E-state index in [0.29, 0.717) is 5.56 Å². The average Bonchev–Trinajstić information content (AvgIpc) is 2.51. The summed E-state index contributed by atoms with van der Waals surface area (Å²) in [6.45, 7) is 1.51. The van der Waals surface area contributed by atoms with Crippen LogP contribution in [0.5, 0.6) is 0 Å². The largest absolute Gasteiger partial charge is 0.387 e. The summed E-state index contributed by atoms with van der Waals surface area (Å²) < 4.78 is 22.2. The molecule has 1 rings (SSSR count). The Morgan fingerprint density at radius 2 is 2.15 bits per heavy atom. The van der Waals surface area contributed by atoms with Crippen molar-refractivity contribution in [1.29, 1.82) is 0 Å². The molecule has 0 spiro atoms. The van der Waals surface area contributed by atoms with E-state index in [4.69, 9.17) is 0 Å². The van der Waals surface area contributed by atoms with E-state index in [0.717, 1.165) is 6.26 Å². The van der Waals surface area contributed by atoms with Crippen LogP contribution in [-0.4, -0.2) is 25.0 Å². The minimum absolute atomic E-state index is 0.669. The highest BCUT2D eigenvalue weighted by Gasteiger charge is 2.25. The van der Waals surface area contributed by atoms with Gasteiger partial charge in [-0.2, -0.15) is 11.3 Å². The van der Waals surface area contributed by atoms with Crippen LogP contribution in [0.3, 0.4) is 0 Å². The van der Waals surface area contributed by atoms with Crippen molar-refractivity contribution >= 4 is 21.2 Å². The van der Waals surface area contributed by atoms with Crippen LogP contribution in [0.15, 0.2) is 16.8 Å². The summed E-state index contributed by atoms with van der Waals surface area (Å²) in [6.07, 6.45) is 0.217. The highest BCUT2D eigenvalue weighted by Crippen LogP contribution is 2.23. The number of rotatable bonds is 3. The summed E-state index contributed by atoms with van der Waals surface area (Å²) in [5, 5.41) is 12.5. The van der Waals surface area contributed by atoms with Gasteiger partial charge in [-0.25, -0.2) is 8.42 Å². The van der Waals surface area contributed by atoms with Gasteiger partial charge in [-0.1, -0.05) is 0 Å². The average molecular weight is 220 g/mol. The predicted molar refractivity (Wildman–Crippen MR) is 53.6 cm³/mol. The minimum atomic E-state index is -3.17. The van der Waals surface area contributed by atoms with Crippen LogP contribution in [0, 0.1) is 0 Å². The van der Waals surface area contributed by atoms with E-state index in [-0.39, 0.29) is 0 Å². The van der Waals surface area contributed by atoms with E-state index in [9.17, 15) is 13.5 Å². The van der Waals surface area contributed by atoms with Gasteiger partial charge >= 0.3 is 0 Å². The van der Waals surface area contributed by atoms with E-state index in [1.807, 2.05) is 5.38 Å². The van der Waals surface area contributed by atoms with Crippen LogP contribution in [0.1, 0.15) is 18.6 Å². The van der Waals surface area contributed by atoms with Crippen molar-refractivity contribution in [2.24, 2.45) is 0 Å². The Bertz CT molecular complexity index is 353. The van der Waals surface area contributed by atoms with Gasteiger partial charge in [-0.15, -0.1) is 0 Å². The number of hydrogen-bond acceptors (Lipinski definition) is 4. The molecule has 0 fully saturated rings. The molecule has 0 saturated heterocycles. The monoisotopic (exact) mass is 220 g/mol. The lowest BCUT2D eigenvalue weighted by molar-refractivity contribution is 0.176. The van der Waals surface area contributed by atoms with E-state index < -0.39 is 21.2 Å². The molecule has 0 amide bonds. The van der Waals surface area contributed by atoms with Gasteiger partial charge < -0.3 is 5.11 Å². The maximum Gasteiger partial charge on any atom is 0.152 e. The molecule has 13 heavy (non-hydrogen) atoms. The Hall–Kier alpha value is -0.390. The second kappa shape index (κ2) is 3.77. The second-order valence-corrected chi connectivity index (χ2v) is 6.22. The summed E-state index contributed by atoms with van der Waals surface area (Å²) in [5.74, 6) is 0. The van der Waals surface area contributed by atoms with Gasteiger partial charge in [0.2, 0.25) is 0 Å². The fourth-order valence-electron chi connectivity index (χ4n) is 0.948. The summed E-state index contributed by atoms with van der Waals surface area (Å²) >= 11 is 1.44. The fourth-order valence-corrected chi connectivity index (χ4v) is 2.26. The van der Waals surface area contributed by atoms with Crippen LogP contribution in [0.2, 0.25) is 0 Å². The van der Waals surface area contributed by atoms with Crippen LogP contribution in [0.4, 0.5) is 0 Å². The minimum Gasteiger partial charge on any atom is -0.387 e. The van der Waals surface area contributed by atoms with Gasteiger partial charge in [0.25, 0.3) is 0 Å². The lowest BCUT2D eigenvalue weighted by Gasteiger charge is -2.15. The first-order chi connectivity index (χ1) is 5.93. The fraction of sp³-hybridized carbons (Fsp3) is 0.500. The number of aliphatic hydroxyl groups is 1. The first kappa shape index (κ1) is 10.7. The lowest BCUT2D eigenvalue weighted by atomic mass is 10.1. The maximum atomic E-state index is 11.1. The van der Waals surface area contributed by atoms with Gasteiger partial charge in [-0.3, -0.25) is 0 Å². The Kier molecular flexibility index (Phi) is 3.10. The number of thiophene rings is 1. The van der Waals surface area contributed by atoms with Crippen molar-refractivity contribution in [2.45, 2.75) is 18.3 Å². The third kappa shape index (κ3) is 2.52. The summed E-state index contributed by atoms with van der Waals surface area (Å²) in [5.41, 5.74) is 0.669. The number of aliphatic hydroxyl groups excluding tert-OH is 1. The maximum absolute atomic E-state index is 11.1. The van der Waals surface area contributed by atoms with E-state index in [1.54, 1.807) is 11.4 Å². The first-order valence-electron chi connectivity index (χ1n) is 3.82. The molecular weight excluding hydrogens is 208 g/mol. The van der Waals surface area contributed by atoms with Crippen LogP contribution in [-0.2, 0) is 9.84 Å². The van der Waals surface area contributed by atoms with Gasteiger partial charge in [0.1, 0.15) is 0 Å². The molecule has 2 unspecified atom stereocenters. The molecule has 74 valence electrons. The van der Waals surface area contributed by atoms with Crippen LogP contribution < -0.4 is 0 Å². The molecule has 1 N–H and O–H groups in total. The molecule has 0 saturated carbocycles. The quantitative estimate of drug-likeness (QED) is 0.833. The van der Waals surface area contributed by atoms with Crippen molar-refractivity contribution in [3.8, 4) is 0 Å². The molecule has 0 radical (unpaired) electrons. The van der Waals surface area contributed by atoms with Crippen molar-refractivity contribution in [2.75, 3.05) is 6.26 Å². The van der Waals surface area contributed by atoms with Crippen molar-refractivity contribution in [3.05, 3.63) is 22.4 Å². The number of hydrogen-bond donors (Lipinski definition) is 1. The Morgan fingerprint density at radius 1 is 1.54 bits per heavy atom. The van der Waals surface area contributed by atoms with Crippen molar-refractivity contribution in [1.82, 2.24) is 0 Å². The smallest absolute Gasteiger partial charge is 0.152 e. The predicted octanol–water partition coefficient (Wildman–Crippen LogP) is 1.21. The Morgan fingerprint density at radius 3 is 2.54 bits per heavy atom. The number of sulfone groups is 1. The SMILES string of the molecule is CC(C(O)c1ccsc1)S(C)(=O)=O. The molecule has 2 atom stereocenters. The van der Waals surface area contributed by atoms with Gasteiger partial charge in [-0.05, 0) is 29.3 Å². The zero-order valence-corrected chi connectivity index (χ0v) is 9.10. The van der Waals surface area contributed by atoms with E-state index >= 15 is 0 Å². The zero-order chi connectivity index (χ0) is 10.1. The summed E-state index contributed by atoms with van der Waals surface area (Å²) in [7, 11) is -3.17. The highest BCUT2D eigenvalue weighted by atomic mass is 32.2. The molecule has 0 aliphatic carbocycles. The third-order valence-corrected chi connectivity index (χ3v) is 4.31. The Balaban J connectivity index is 2.86. The van der Waals surface area contributed by atoms with Crippen LogP contribution >= 0.6 is 11.3 Å². The van der Waals surface area contributed by atoms with Crippen molar-refractivity contribution < 1.29 is 13.5 Å². The zero-order valence-electron chi connectivity index (χ0n) is 7.47. The molecule has 1 aromatic rings.